The number of unbranched alkanes of at least 4 members (excludes halogenated alkanes) is 2. The molecule has 30 heavy (non-hydrogen) atoms. The lowest BCUT2D eigenvalue weighted by atomic mass is 10.1. The Balaban J connectivity index is 1.56. The number of aromatic amines is 1. The highest BCUT2D eigenvalue weighted by Gasteiger charge is 2.08. The molecule has 0 spiro atoms. The molecule has 9 heteroatoms. The molecule has 2 aromatic carbocycles. The molecule has 0 unspecified atom stereocenters. The summed E-state index contributed by atoms with van der Waals surface area (Å²) in [5, 5.41) is 14.8. The third kappa shape index (κ3) is 5.65. The van der Waals surface area contributed by atoms with Gasteiger partial charge < -0.3 is 10.6 Å². The number of anilines is 2. The van der Waals surface area contributed by atoms with Crippen molar-refractivity contribution in [2.45, 2.75) is 25.7 Å². The molecule has 0 aliphatic rings. The molecule has 2 amide bonds. The maximum atomic E-state index is 12.4. The third-order valence-electron chi connectivity index (χ3n) is 4.49. The van der Waals surface area contributed by atoms with Gasteiger partial charge in [-0.05, 0) is 43.2 Å². The number of nitrogens with one attached hydrogen (secondary N) is 4. The quantitative estimate of drug-likeness (QED) is 0.209. The van der Waals surface area contributed by atoms with Crippen LogP contribution in [0.3, 0.4) is 0 Å². The van der Waals surface area contributed by atoms with Crippen molar-refractivity contribution in [3.63, 3.8) is 0 Å². The van der Waals surface area contributed by atoms with Gasteiger partial charge in [0.05, 0.1) is 10.9 Å². The number of nitrogens with zero attached hydrogens (tertiary/aromatic N) is 1. The molecule has 0 aliphatic heterocycles. The summed E-state index contributed by atoms with van der Waals surface area (Å²) in [6.07, 6.45) is 2.38. The van der Waals surface area contributed by atoms with Gasteiger partial charge in [-0.3, -0.25) is 24.6 Å². The van der Waals surface area contributed by atoms with Crippen LogP contribution in [0.4, 0.5) is 11.6 Å². The van der Waals surface area contributed by atoms with Crippen LogP contribution in [-0.2, 0) is 4.79 Å². The van der Waals surface area contributed by atoms with Crippen molar-refractivity contribution >= 4 is 34.4 Å². The average Bonchev–Trinajstić information content (AvgIpc) is 2.76. The topological polar surface area (TPSA) is 136 Å². The van der Waals surface area contributed by atoms with E-state index in [1.807, 2.05) is 6.07 Å². The third-order valence-corrected chi connectivity index (χ3v) is 4.49. The Kier molecular flexibility index (Phi) is 7.12. The van der Waals surface area contributed by atoms with Crippen LogP contribution < -0.4 is 21.7 Å². The smallest absolute Gasteiger partial charge is 0.260 e. The van der Waals surface area contributed by atoms with E-state index < -0.39 is 5.91 Å². The summed E-state index contributed by atoms with van der Waals surface area (Å²) in [5.41, 5.74) is 3.02. The second-order valence-corrected chi connectivity index (χ2v) is 6.74. The van der Waals surface area contributed by atoms with E-state index in [1.54, 1.807) is 47.9 Å². The Morgan fingerprint density at radius 3 is 2.70 bits per heavy atom. The number of hydroxylamine groups is 1. The largest absolute Gasteiger partial charge is 0.352 e. The lowest BCUT2D eigenvalue weighted by Crippen LogP contribution is -2.24. The number of carbonyl (C=O) groups is 2. The molecule has 0 fully saturated rings. The van der Waals surface area contributed by atoms with Crippen LogP contribution in [0.1, 0.15) is 36.0 Å². The Morgan fingerprint density at radius 2 is 1.87 bits per heavy atom. The predicted octanol–water partition coefficient (Wildman–Crippen LogP) is 2.46. The van der Waals surface area contributed by atoms with E-state index in [9.17, 15) is 14.4 Å². The summed E-state index contributed by atoms with van der Waals surface area (Å²) in [4.78, 5) is 42.5. The van der Waals surface area contributed by atoms with E-state index in [2.05, 4.69) is 20.6 Å². The van der Waals surface area contributed by atoms with E-state index in [4.69, 9.17) is 5.21 Å². The fourth-order valence-electron chi connectivity index (χ4n) is 2.97. The number of rotatable bonds is 9. The molecule has 3 rings (SSSR count). The zero-order chi connectivity index (χ0) is 21.3. The summed E-state index contributed by atoms with van der Waals surface area (Å²) < 4.78 is 0. The van der Waals surface area contributed by atoms with E-state index in [1.165, 1.54) is 0 Å². The molecule has 0 saturated carbocycles. The van der Waals surface area contributed by atoms with Crippen LogP contribution in [0.15, 0.2) is 53.3 Å². The molecule has 0 saturated heterocycles. The van der Waals surface area contributed by atoms with Gasteiger partial charge in [0.2, 0.25) is 11.9 Å². The molecule has 0 radical (unpaired) electrons. The van der Waals surface area contributed by atoms with Gasteiger partial charge >= 0.3 is 0 Å². The molecule has 5 N–H and O–H groups in total. The molecule has 3 aromatic rings. The van der Waals surface area contributed by atoms with Gasteiger partial charge in [-0.2, -0.15) is 0 Å². The maximum absolute atomic E-state index is 12.4. The molecule has 1 aromatic heterocycles. The highest BCUT2D eigenvalue weighted by Crippen LogP contribution is 2.16. The van der Waals surface area contributed by atoms with Gasteiger partial charge in [0.25, 0.3) is 11.5 Å². The SMILES string of the molecule is O=C(CCCCCNC(=O)c1cccc(Nc2nc3ccccc3c(=O)[nH]2)c1)NO. The van der Waals surface area contributed by atoms with Gasteiger partial charge in [-0.1, -0.05) is 24.6 Å². The van der Waals surface area contributed by atoms with Gasteiger partial charge in [0.15, 0.2) is 0 Å². The summed E-state index contributed by atoms with van der Waals surface area (Å²) >= 11 is 0. The average molecular weight is 409 g/mol. The van der Waals surface area contributed by atoms with Crippen molar-refractivity contribution in [2.24, 2.45) is 0 Å². The van der Waals surface area contributed by atoms with Crippen molar-refractivity contribution < 1.29 is 14.8 Å². The first-order chi connectivity index (χ1) is 14.6. The predicted molar refractivity (Wildman–Crippen MR) is 113 cm³/mol. The van der Waals surface area contributed by atoms with Gasteiger partial charge in [0, 0.05) is 24.2 Å². The molecule has 0 atom stereocenters. The minimum Gasteiger partial charge on any atom is -0.352 e. The zero-order valence-corrected chi connectivity index (χ0v) is 16.3. The van der Waals surface area contributed by atoms with Crippen LogP contribution in [-0.4, -0.2) is 33.5 Å². The number of para-hydroxylation sites is 1. The highest BCUT2D eigenvalue weighted by molar-refractivity contribution is 5.95. The number of benzene rings is 2. The fourth-order valence-corrected chi connectivity index (χ4v) is 2.97. The first kappa shape index (κ1) is 21.0. The monoisotopic (exact) mass is 409 g/mol. The number of aromatic nitrogens is 2. The molecular weight excluding hydrogens is 386 g/mol. The highest BCUT2D eigenvalue weighted by atomic mass is 16.5. The van der Waals surface area contributed by atoms with Gasteiger partial charge in [0.1, 0.15) is 0 Å². The first-order valence-electron chi connectivity index (χ1n) is 9.64. The molecule has 0 bridgehead atoms. The van der Waals surface area contributed by atoms with Crippen molar-refractivity contribution in [1.29, 1.82) is 0 Å². The maximum Gasteiger partial charge on any atom is 0.260 e. The summed E-state index contributed by atoms with van der Waals surface area (Å²) in [6, 6.07) is 13.9. The van der Waals surface area contributed by atoms with Crippen molar-refractivity contribution in [1.82, 2.24) is 20.8 Å². The first-order valence-corrected chi connectivity index (χ1v) is 9.64. The minimum absolute atomic E-state index is 0.216. The van der Waals surface area contributed by atoms with Crippen molar-refractivity contribution in [3.05, 3.63) is 64.4 Å². The number of hydrogen-bond acceptors (Lipinski definition) is 6. The zero-order valence-electron chi connectivity index (χ0n) is 16.3. The van der Waals surface area contributed by atoms with E-state index in [-0.39, 0.29) is 17.9 Å². The lowest BCUT2D eigenvalue weighted by molar-refractivity contribution is -0.129. The Hall–Kier alpha value is -3.72. The van der Waals surface area contributed by atoms with Crippen molar-refractivity contribution in [2.75, 3.05) is 11.9 Å². The van der Waals surface area contributed by atoms with Gasteiger partial charge in [-0.25, -0.2) is 10.5 Å². The summed E-state index contributed by atoms with van der Waals surface area (Å²) in [5.74, 6) is -0.333. The van der Waals surface area contributed by atoms with Crippen LogP contribution in [0.2, 0.25) is 0 Å². The summed E-state index contributed by atoms with van der Waals surface area (Å²) in [6.45, 7) is 0.483. The number of H-pyrrole nitrogens is 1. The van der Waals surface area contributed by atoms with Gasteiger partial charge in [-0.15, -0.1) is 0 Å². The molecule has 156 valence electrons. The second kappa shape index (κ2) is 10.2. The Morgan fingerprint density at radius 1 is 1.03 bits per heavy atom. The molecule has 0 aliphatic carbocycles. The molecule has 1 heterocycles. The number of amides is 2. The standard InChI is InChI=1S/C21H23N5O4/c27-18(26-30)11-2-1-5-12-22-19(28)14-7-6-8-15(13-14)23-21-24-17-10-4-3-9-16(17)20(29)25-21/h3-4,6-10,13,30H,1-2,5,11-12H2,(H,22,28)(H,26,27)(H2,23,24,25,29). The number of fused-ring (bicyclic) bond motifs is 1. The number of carbonyl (C=O) groups excluding carboxylic acids is 2. The molecule has 9 nitrogen and oxygen atoms in total. The van der Waals surface area contributed by atoms with Crippen LogP contribution >= 0.6 is 0 Å². The Labute approximate surface area is 172 Å². The van der Waals surface area contributed by atoms with Crippen LogP contribution in [0.25, 0.3) is 10.9 Å². The second-order valence-electron chi connectivity index (χ2n) is 6.74. The summed E-state index contributed by atoms with van der Waals surface area (Å²) in [7, 11) is 0. The van der Waals surface area contributed by atoms with E-state index >= 15 is 0 Å². The van der Waals surface area contributed by atoms with E-state index in [0.29, 0.717) is 41.1 Å². The van der Waals surface area contributed by atoms with E-state index in [0.717, 1.165) is 12.8 Å². The number of hydrogen-bond donors (Lipinski definition) is 5. The van der Waals surface area contributed by atoms with Crippen LogP contribution in [0.5, 0.6) is 0 Å². The Bertz CT molecular complexity index is 1100. The molecular formula is C21H23N5O4. The fraction of sp³-hybridized carbons (Fsp3) is 0.238. The minimum atomic E-state index is -0.411. The van der Waals surface area contributed by atoms with Crippen molar-refractivity contribution in [3.8, 4) is 0 Å². The van der Waals surface area contributed by atoms with Crippen LogP contribution in [0, 0.1) is 0 Å². The lowest BCUT2D eigenvalue weighted by Gasteiger charge is -2.09. The normalized spacial score (nSPS) is 10.6.